The number of hydrogen-bond acceptors (Lipinski definition) is 7. The van der Waals surface area contributed by atoms with E-state index in [0.29, 0.717) is 18.5 Å². The number of aliphatic hydroxyl groups is 1. The minimum atomic E-state index is -1.59. The van der Waals surface area contributed by atoms with Crippen molar-refractivity contribution in [3.63, 3.8) is 0 Å². The fraction of sp³-hybridized carbons (Fsp3) is 0.261. The van der Waals surface area contributed by atoms with Crippen LogP contribution in [0.2, 0.25) is 0 Å². The Balaban J connectivity index is 1.28. The van der Waals surface area contributed by atoms with Crippen molar-refractivity contribution in [1.82, 2.24) is 15.0 Å². The third-order valence-corrected chi connectivity index (χ3v) is 6.07. The summed E-state index contributed by atoms with van der Waals surface area (Å²) >= 11 is 0. The number of rotatable bonds is 3. The van der Waals surface area contributed by atoms with Crippen molar-refractivity contribution in [1.29, 1.82) is 0 Å². The quantitative estimate of drug-likeness (QED) is 0.631. The molecule has 5 rings (SSSR count). The maximum absolute atomic E-state index is 12.8. The van der Waals surface area contributed by atoms with Crippen molar-refractivity contribution >= 4 is 17.8 Å². The molecule has 1 aromatic carbocycles. The molecule has 0 radical (unpaired) electrons. The molecule has 1 saturated carbocycles. The van der Waals surface area contributed by atoms with Gasteiger partial charge in [0.2, 0.25) is 5.95 Å². The third kappa shape index (κ3) is 3.34. The molecule has 3 aromatic rings. The highest BCUT2D eigenvalue weighted by molar-refractivity contribution is 5.96. The van der Waals surface area contributed by atoms with Crippen LogP contribution in [0.3, 0.4) is 0 Å². The van der Waals surface area contributed by atoms with Gasteiger partial charge in [-0.05, 0) is 37.3 Å². The summed E-state index contributed by atoms with van der Waals surface area (Å²) < 4.78 is 5.64. The average Bonchev–Trinajstić information content (AvgIpc) is 3.09. The summed E-state index contributed by atoms with van der Waals surface area (Å²) in [5, 5.41) is 13.6. The predicted octanol–water partition coefficient (Wildman–Crippen LogP) is 2.85. The van der Waals surface area contributed by atoms with E-state index in [1.54, 1.807) is 24.7 Å². The van der Waals surface area contributed by atoms with Gasteiger partial charge in [0.05, 0.1) is 0 Å². The molecule has 2 aliphatic rings. The standard InChI is InChI=1S/C23H20N4O4/c28-19-18-17(7-4-12-24-18)23(31-19)10-8-22(30,9-11-23)20(29)27-21-25-13-16(14-26-21)15-5-2-1-3-6-15/h1-7,12-14,30H,8-11H2,(H,25,26,27,29)/t22-,23-. The topological polar surface area (TPSA) is 114 Å². The number of amides is 1. The number of pyridine rings is 1. The number of fused-ring (bicyclic) bond motifs is 2. The summed E-state index contributed by atoms with van der Waals surface area (Å²) in [5.74, 6) is -0.900. The number of hydrogen-bond donors (Lipinski definition) is 2. The van der Waals surface area contributed by atoms with Crippen LogP contribution in [0.1, 0.15) is 41.7 Å². The molecule has 1 aliphatic heterocycles. The van der Waals surface area contributed by atoms with E-state index in [-0.39, 0.29) is 18.8 Å². The first-order valence-corrected chi connectivity index (χ1v) is 10.1. The number of nitrogens with zero attached hydrogens (tertiary/aromatic N) is 3. The number of aromatic nitrogens is 3. The van der Waals surface area contributed by atoms with Gasteiger partial charge >= 0.3 is 5.97 Å². The molecule has 1 fully saturated rings. The van der Waals surface area contributed by atoms with Gasteiger partial charge < -0.3 is 9.84 Å². The molecule has 0 bridgehead atoms. The van der Waals surface area contributed by atoms with Gasteiger partial charge in [0.1, 0.15) is 11.2 Å². The van der Waals surface area contributed by atoms with Crippen LogP contribution in [0.25, 0.3) is 11.1 Å². The molecule has 31 heavy (non-hydrogen) atoms. The van der Waals surface area contributed by atoms with Gasteiger partial charge in [-0.2, -0.15) is 0 Å². The molecule has 2 aromatic heterocycles. The highest BCUT2D eigenvalue weighted by Crippen LogP contribution is 2.48. The summed E-state index contributed by atoms with van der Waals surface area (Å²) in [6.45, 7) is 0. The van der Waals surface area contributed by atoms with Gasteiger partial charge in [-0.15, -0.1) is 0 Å². The lowest BCUT2D eigenvalue weighted by atomic mass is 9.73. The first-order chi connectivity index (χ1) is 15.0. The molecule has 0 atom stereocenters. The Bertz CT molecular complexity index is 1140. The number of anilines is 1. The predicted molar refractivity (Wildman–Crippen MR) is 111 cm³/mol. The minimum absolute atomic E-state index is 0.125. The molecule has 1 amide bonds. The fourth-order valence-electron chi connectivity index (χ4n) is 4.27. The summed E-state index contributed by atoms with van der Waals surface area (Å²) in [6.07, 6.45) is 5.74. The van der Waals surface area contributed by atoms with Gasteiger partial charge in [-0.1, -0.05) is 36.4 Å². The van der Waals surface area contributed by atoms with Crippen LogP contribution in [0.15, 0.2) is 61.1 Å². The van der Waals surface area contributed by atoms with E-state index < -0.39 is 23.1 Å². The van der Waals surface area contributed by atoms with Crippen molar-refractivity contribution in [3.8, 4) is 11.1 Å². The monoisotopic (exact) mass is 416 g/mol. The molecule has 2 N–H and O–H groups in total. The smallest absolute Gasteiger partial charge is 0.358 e. The van der Waals surface area contributed by atoms with Crippen molar-refractivity contribution in [3.05, 3.63) is 72.3 Å². The third-order valence-electron chi connectivity index (χ3n) is 6.07. The molecule has 156 valence electrons. The molecule has 0 saturated heterocycles. The SMILES string of the molecule is O=C1O[C@]2(CC[C@@](O)(C(=O)Nc3ncc(-c4ccccc4)cn3)CC2)c2cccnc21. The molecule has 0 unspecified atom stereocenters. The van der Waals surface area contributed by atoms with E-state index in [2.05, 4.69) is 20.3 Å². The van der Waals surface area contributed by atoms with E-state index in [9.17, 15) is 14.7 Å². The number of nitrogens with one attached hydrogen (secondary N) is 1. The number of carbonyl (C=O) groups is 2. The van der Waals surface area contributed by atoms with E-state index >= 15 is 0 Å². The zero-order valence-corrected chi connectivity index (χ0v) is 16.6. The molecule has 8 nitrogen and oxygen atoms in total. The summed E-state index contributed by atoms with van der Waals surface area (Å²) in [6, 6.07) is 13.2. The van der Waals surface area contributed by atoms with Gasteiger partial charge in [0.15, 0.2) is 5.69 Å². The van der Waals surface area contributed by atoms with E-state index in [0.717, 1.165) is 16.7 Å². The number of ether oxygens (including phenoxy) is 1. The number of carbonyl (C=O) groups excluding carboxylic acids is 2. The Hall–Kier alpha value is -3.65. The molecular formula is C23H20N4O4. The first kappa shape index (κ1) is 19.3. The van der Waals surface area contributed by atoms with E-state index in [1.165, 1.54) is 0 Å². The van der Waals surface area contributed by atoms with Gasteiger partial charge in [0, 0.05) is 29.7 Å². The van der Waals surface area contributed by atoms with Crippen molar-refractivity contribution < 1.29 is 19.4 Å². The van der Waals surface area contributed by atoms with Gasteiger partial charge in [-0.25, -0.2) is 19.7 Å². The second-order valence-corrected chi connectivity index (χ2v) is 7.93. The zero-order valence-electron chi connectivity index (χ0n) is 16.6. The maximum Gasteiger partial charge on any atom is 0.358 e. The van der Waals surface area contributed by atoms with Crippen LogP contribution in [0.4, 0.5) is 5.95 Å². The van der Waals surface area contributed by atoms with Gasteiger partial charge in [-0.3, -0.25) is 10.1 Å². The number of esters is 1. The maximum atomic E-state index is 12.8. The Labute approximate surface area is 178 Å². The van der Waals surface area contributed by atoms with Gasteiger partial charge in [0.25, 0.3) is 5.91 Å². The van der Waals surface area contributed by atoms with Crippen molar-refractivity contribution in [2.45, 2.75) is 36.9 Å². The summed E-state index contributed by atoms with van der Waals surface area (Å²) in [5.41, 5.74) is 0.404. The highest BCUT2D eigenvalue weighted by Gasteiger charge is 2.53. The fourth-order valence-corrected chi connectivity index (χ4v) is 4.27. The summed E-state index contributed by atoms with van der Waals surface area (Å²) in [7, 11) is 0. The van der Waals surface area contributed by atoms with Crippen LogP contribution in [-0.4, -0.2) is 37.5 Å². The van der Waals surface area contributed by atoms with Crippen molar-refractivity contribution in [2.24, 2.45) is 0 Å². The minimum Gasteiger partial charge on any atom is -0.449 e. The Morgan fingerprint density at radius 2 is 1.65 bits per heavy atom. The molecule has 1 aliphatic carbocycles. The van der Waals surface area contributed by atoms with Crippen LogP contribution >= 0.6 is 0 Å². The second-order valence-electron chi connectivity index (χ2n) is 7.93. The van der Waals surface area contributed by atoms with Crippen LogP contribution in [-0.2, 0) is 15.1 Å². The normalized spacial score (nSPS) is 24.5. The Morgan fingerprint density at radius 1 is 0.935 bits per heavy atom. The second kappa shape index (κ2) is 7.24. The Kier molecular flexibility index (Phi) is 4.51. The van der Waals surface area contributed by atoms with Crippen molar-refractivity contribution in [2.75, 3.05) is 5.32 Å². The first-order valence-electron chi connectivity index (χ1n) is 10.1. The lowest BCUT2D eigenvalue weighted by Gasteiger charge is -2.40. The zero-order chi connectivity index (χ0) is 21.5. The van der Waals surface area contributed by atoms with Crippen LogP contribution < -0.4 is 5.32 Å². The average molecular weight is 416 g/mol. The highest BCUT2D eigenvalue weighted by atomic mass is 16.6. The molecule has 1 spiro atoms. The van der Waals surface area contributed by atoms with Crippen LogP contribution in [0, 0.1) is 0 Å². The molecule has 8 heteroatoms. The lowest BCUT2D eigenvalue weighted by molar-refractivity contribution is -0.144. The number of benzene rings is 1. The molecular weight excluding hydrogens is 396 g/mol. The van der Waals surface area contributed by atoms with E-state index in [1.807, 2.05) is 36.4 Å². The van der Waals surface area contributed by atoms with Crippen LogP contribution in [0.5, 0.6) is 0 Å². The summed E-state index contributed by atoms with van der Waals surface area (Å²) in [4.78, 5) is 37.5. The largest absolute Gasteiger partial charge is 0.449 e. The Morgan fingerprint density at radius 3 is 2.35 bits per heavy atom. The van der Waals surface area contributed by atoms with E-state index in [4.69, 9.17) is 4.74 Å². The molecule has 3 heterocycles. The lowest BCUT2D eigenvalue weighted by Crippen LogP contribution is -2.49.